The summed E-state index contributed by atoms with van der Waals surface area (Å²) in [5.74, 6) is -1.15. The lowest BCUT2D eigenvalue weighted by Gasteiger charge is -2.23. The van der Waals surface area contributed by atoms with Crippen LogP contribution < -0.4 is 0 Å². The number of halogens is 1. The average Bonchev–Trinajstić information content (AvgIpc) is 2.97. The number of hydrogen-bond acceptors (Lipinski definition) is 2. The van der Waals surface area contributed by atoms with Crippen molar-refractivity contribution in [3.63, 3.8) is 0 Å². The Balaban J connectivity index is 1.65. The Bertz CT molecular complexity index is 622. The molecule has 21 heavy (non-hydrogen) atoms. The Morgan fingerprint density at radius 3 is 2.52 bits per heavy atom. The van der Waals surface area contributed by atoms with Crippen LogP contribution in [0, 0.1) is 5.92 Å². The van der Waals surface area contributed by atoms with Gasteiger partial charge in [0.15, 0.2) is 0 Å². The SMILES string of the molecule is O=C(O)C1CC2CCC1N2C(=O)c1cc(Br)cn1C1CC1. The van der Waals surface area contributed by atoms with Gasteiger partial charge in [-0.05, 0) is 54.1 Å². The lowest BCUT2D eigenvalue weighted by atomic mass is 9.89. The summed E-state index contributed by atoms with van der Waals surface area (Å²) in [4.78, 5) is 26.1. The fraction of sp³-hybridized carbons (Fsp3) is 0.600. The van der Waals surface area contributed by atoms with E-state index >= 15 is 0 Å². The van der Waals surface area contributed by atoms with Gasteiger partial charge in [0.25, 0.3) is 5.91 Å². The molecule has 3 aliphatic rings. The fourth-order valence-corrected chi connectivity index (χ4v) is 4.41. The highest BCUT2D eigenvalue weighted by atomic mass is 79.9. The molecule has 2 aliphatic heterocycles. The number of rotatable bonds is 3. The number of carbonyl (C=O) groups excluding carboxylic acids is 1. The topological polar surface area (TPSA) is 62.5 Å². The summed E-state index contributed by atoms with van der Waals surface area (Å²) in [6.07, 6.45) is 6.57. The number of amides is 1. The first-order valence-electron chi connectivity index (χ1n) is 7.49. The number of carboxylic acid groups (broad SMARTS) is 1. The van der Waals surface area contributed by atoms with Crippen molar-refractivity contribution in [3.05, 3.63) is 22.4 Å². The zero-order valence-corrected chi connectivity index (χ0v) is 13.1. The summed E-state index contributed by atoms with van der Waals surface area (Å²) in [6, 6.07) is 2.28. The number of fused-ring (bicyclic) bond motifs is 2. The molecule has 0 spiro atoms. The molecular weight excluding hydrogens is 336 g/mol. The zero-order chi connectivity index (χ0) is 14.7. The number of aromatic nitrogens is 1. The van der Waals surface area contributed by atoms with Crippen LogP contribution in [0.4, 0.5) is 0 Å². The van der Waals surface area contributed by atoms with Crippen LogP contribution in [0.15, 0.2) is 16.7 Å². The van der Waals surface area contributed by atoms with Gasteiger partial charge in [-0.1, -0.05) is 0 Å². The van der Waals surface area contributed by atoms with Crippen LogP contribution in [-0.4, -0.2) is 38.5 Å². The molecule has 3 fully saturated rings. The van der Waals surface area contributed by atoms with Gasteiger partial charge in [-0.3, -0.25) is 9.59 Å². The van der Waals surface area contributed by atoms with Crippen molar-refractivity contribution in [3.8, 4) is 0 Å². The Morgan fingerprint density at radius 1 is 1.19 bits per heavy atom. The van der Waals surface area contributed by atoms with Crippen molar-refractivity contribution in [2.75, 3.05) is 0 Å². The standard InChI is InChI=1S/C15H17BrN2O3/c16-8-5-13(17(7-8)9-1-2-9)14(19)18-10-3-4-12(18)11(6-10)15(20)21/h5,7,9-12H,1-4,6H2,(H,20,21). The molecule has 3 heterocycles. The molecule has 1 aliphatic carbocycles. The number of carboxylic acids is 1. The Hall–Kier alpha value is -1.30. The molecule has 6 heteroatoms. The minimum atomic E-state index is -0.765. The highest BCUT2D eigenvalue weighted by Gasteiger charge is 2.52. The first-order valence-corrected chi connectivity index (χ1v) is 8.28. The van der Waals surface area contributed by atoms with Crippen molar-refractivity contribution in [1.29, 1.82) is 0 Å². The third kappa shape index (κ3) is 2.03. The summed E-state index contributed by atoms with van der Waals surface area (Å²) < 4.78 is 2.97. The number of carbonyl (C=O) groups is 2. The van der Waals surface area contributed by atoms with E-state index in [1.165, 1.54) is 0 Å². The van der Waals surface area contributed by atoms with Gasteiger partial charge in [-0.15, -0.1) is 0 Å². The van der Waals surface area contributed by atoms with Gasteiger partial charge in [0.05, 0.1) is 5.92 Å². The fourth-order valence-electron chi connectivity index (χ4n) is 3.97. The smallest absolute Gasteiger partial charge is 0.308 e. The minimum Gasteiger partial charge on any atom is -0.481 e. The van der Waals surface area contributed by atoms with E-state index < -0.39 is 5.97 Å². The van der Waals surface area contributed by atoms with E-state index in [0.29, 0.717) is 18.2 Å². The lowest BCUT2D eigenvalue weighted by molar-refractivity contribution is -0.142. The molecule has 3 unspecified atom stereocenters. The normalized spacial score (nSPS) is 30.9. The highest BCUT2D eigenvalue weighted by Crippen LogP contribution is 2.44. The number of aliphatic carboxylic acids is 1. The van der Waals surface area contributed by atoms with Crippen molar-refractivity contribution < 1.29 is 14.7 Å². The number of hydrogen-bond donors (Lipinski definition) is 1. The van der Waals surface area contributed by atoms with Crippen LogP contribution in [0.2, 0.25) is 0 Å². The van der Waals surface area contributed by atoms with E-state index in [4.69, 9.17) is 0 Å². The maximum atomic E-state index is 12.9. The van der Waals surface area contributed by atoms with Gasteiger partial charge in [0.2, 0.25) is 0 Å². The quantitative estimate of drug-likeness (QED) is 0.909. The molecule has 1 aromatic heterocycles. The molecule has 2 bridgehead atoms. The number of nitrogens with zero attached hydrogens (tertiary/aromatic N) is 2. The average molecular weight is 353 g/mol. The minimum absolute atomic E-state index is 0.00356. The molecule has 1 aromatic rings. The molecule has 0 radical (unpaired) electrons. The van der Waals surface area contributed by atoms with Gasteiger partial charge >= 0.3 is 5.97 Å². The zero-order valence-electron chi connectivity index (χ0n) is 11.5. The van der Waals surface area contributed by atoms with Gasteiger partial charge in [0.1, 0.15) is 5.69 Å². The summed E-state index contributed by atoms with van der Waals surface area (Å²) in [5.41, 5.74) is 0.701. The van der Waals surface area contributed by atoms with Crippen molar-refractivity contribution >= 4 is 27.8 Å². The van der Waals surface area contributed by atoms with Crippen LogP contribution in [-0.2, 0) is 4.79 Å². The summed E-state index contributed by atoms with van der Waals surface area (Å²) in [6.45, 7) is 0. The molecule has 1 N–H and O–H groups in total. The molecule has 3 atom stereocenters. The van der Waals surface area contributed by atoms with Crippen molar-refractivity contribution in [2.45, 2.75) is 50.2 Å². The molecule has 1 saturated carbocycles. The molecule has 5 nitrogen and oxygen atoms in total. The van der Waals surface area contributed by atoms with E-state index in [0.717, 1.165) is 30.2 Å². The van der Waals surface area contributed by atoms with Crippen molar-refractivity contribution in [1.82, 2.24) is 9.47 Å². The second kappa shape index (κ2) is 4.60. The third-order valence-corrected chi connectivity index (χ3v) is 5.50. The molecule has 0 aromatic carbocycles. The maximum Gasteiger partial charge on any atom is 0.308 e. The van der Waals surface area contributed by atoms with Gasteiger partial charge in [-0.25, -0.2) is 0 Å². The maximum absolute atomic E-state index is 12.9. The first-order chi connectivity index (χ1) is 10.1. The summed E-state index contributed by atoms with van der Waals surface area (Å²) in [5, 5.41) is 9.31. The van der Waals surface area contributed by atoms with Crippen LogP contribution >= 0.6 is 15.9 Å². The first kappa shape index (κ1) is 13.4. The predicted octanol–water partition coefficient (Wildman–Crippen LogP) is 2.66. The van der Waals surface area contributed by atoms with Crippen LogP contribution in [0.25, 0.3) is 0 Å². The molecule has 2 saturated heterocycles. The van der Waals surface area contributed by atoms with Crippen LogP contribution in [0.1, 0.15) is 48.6 Å². The van der Waals surface area contributed by atoms with Gasteiger partial charge in [-0.2, -0.15) is 0 Å². The van der Waals surface area contributed by atoms with Crippen molar-refractivity contribution in [2.24, 2.45) is 5.92 Å². The Labute approximate surface area is 131 Å². The summed E-state index contributed by atoms with van der Waals surface area (Å²) >= 11 is 3.45. The van der Waals surface area contributed by atoms with Gasteiger partial charge < -0.3 is 14.6 Å². The Kier molecular flexibility index (Phi) is 2.93. The van der Waals surface area contributed by atoms with E-state index in [2.05, 4.69) is 20.5 Å². The predicted molar refractivity (Wildman–Crippen MR) is 79.1 cm³/mol. The molecule has 4 rings (SSSR count). The second-order valence-electron chi connectivity index (χ2n) is 6.37. The lowest BCUT2D eigenvalue weighted by Crippen LogP contribution is -2.38. The van der Waals surface area contributed by atoms with Crippen LogP contribution in [0.5, 0.6) is 0 Å². The van der Waals surface area contributed by atoms with E-state index in [1.54, 1.807) is 0 Å². The Morgan fingerprint density at radius 2 is 1.90 bits per heavy atom. The molecule has 112 valence electrons. The highest BCUT2D eigenvalue weighted by molar-refractivity contribution is 9.10. The van der Waals surface area contributed by atoms with E-state index in [1.807, 2.05) is 17.2 Å². The summed E-state index contributed by atoms with van der Waals surface area (Å²) in [7, 11) is 0. The second-order valence-corrected chi connectivity index (χ2v) is 7.29. The molecular formula is C15H17BrN2O3. The van der Waals surface area contributed by atoms with Crippen LogP contribution in [0.3, 0.4) is 0 Å². The monoisotopic (exact) mass is 352 g/mol. The third-order valence-electron chi connectivity index (χ3n) is 5.06. The largest absolute Gasteiger partial charge is 0.481 e. The van der Waals surface area contributed by atoms with Gasteiger partial charge in [0, 0.05) is 28.8 Å². The molecule has 1 amide bonds. The van der Waals surface area contributed by atoms with E-state index in [-0.39, 0.29) is 23.9 Å². The van der Waals surface area contributed by atoms with E-state index in [9.17, 15) is 14.7 Å².